The van der Waals surface area contributed by atoms with Crippen LogP contribution in [0.15, 0.2) is 23.3 Å². The molecule has 0 aromatic carbocycles. The topological polar surface area (TPSA) is 26.3 Å². The summed E-state index contributed by atoms with van der Waals surface area (Å²) in [6.07, 6.45) is 9.12. The quantitative estimate of drug-likeness (QED) is 0.543. The van der Waals surface area contributed by atoms with Crippen LogP contribution in [0.5, 0.6) is 0 Å². The van der Waals surface area contributed by atoms with Crippen LogP contribution in [0.1, 0.15) is 60.3 Å². The molecule has 0 bridgehead atoms. The Labute approximate surface area is 129 Å². The molecular formula is C19H30O2. The number of carbonyl (C=O) groups is 1. The maximum absolute atomic E-state index is 12.3. The van der Waals surface area contributed by atoms with Gasteiger partial charge in [0.1, 0.15) is 0 Å². The lowest BCUT2D eigenvalue weighted by Crippen LogP contribution is -2.33. The first-order chi connectivity index (χ1) is 9.87. The molecule has 3 unspecified atom stereocenters. The first-order valence-electron chi connectivity index (χ1n) is 8.38. The van der Waals surface area contributed by atoms with E-state index >= 15 is 0 Å². The van der Waals surface area contributed by atoms with E-state index in [1.165, 1.54) is 11.1 Å². The highest BCUT2D eigenvalue weighted by atomic mass is 16.5. The summed E-state index contributed by atoms with van der Waals surface area (Å²) < 4.78 is 5.33. The van der Waals surface area contributed by atoms with E-state index in [-0.39, 0.29) is 17.3 Å². The predicted octanol–water partition coefficient (Wildman–Crippen LogP) is 4.90. The van der Waals surface area contributed by atoms with Crippen LogP contribution >= 0.6 is 0 Å². The van der Waals surface area contributed by atoms with Crippen molar-refractivity contribution in [3.8, 4) is 0 Å². The molecule has 0 fully saturated rings. The van der Waals surface area contributed by atoms with Gasteiger partial charge < -0.3 is 4.74 Å². The number of hydrogen-bond acceptors (Lipinski definition) is 2. The molecule has 2 aliphatic rings. The molecule has 0 saturated carbocycles. The van der Waals surface area contributed by atoms with Crippen molar-refractivity contribution in [2.24, 2.45) is 23.2 Å². The summed E-state index contributed by atoms with van der Waals surface area (Å²) in [5.41, 5.74) is 2.99. The van der Waals surface area contributed by atoms with Crippen LogP contribution in [0.25, 0.3) is 0 Å². The van der Waals surface area contributed by atoms with Crippen LogP contribution in [0.3, 0.4) is 0 Å². The van der Waals surface area contributed by atoms with Crippen molar-refractivity contribution in [3.05, 3.63) is 23.3 Å². The van der Waals surface area contributed by atoms with Gasteiger partial charge in [-0.15, -0.1) is 0 Å². The average molecular weight is 290 g/mol. The number of ether oxygens (including phenoxy) is 1. The third-order valence-corrected chi connectivity index (χ3v) is 5.84. The minimum absolute atomic E-state index is 0.0172. The molecular weight excluding hydrogens is 260 g/mol. The minimum Gasteiger partial charge on any atom is -0.466 e. The van der Waals surface area contributed by atoms with E-state index in [1.807, 2.05) is 6.92 Å². The molecule has 2 aliphatic carbocycles. The zero-order chi connectivity index (χ0) is 15.6. The van der Waals surface area contributed by atoms with Crippen LogP contribution in [-0.4, -0.2) is 12.6 Å². The van der Waals surface area contributed by atoms with Crippen LogP contribution in [-0.2, 0) is 9.53 Å². The van der Waals surface area contributed by atoms with E-state index < -0.39 is 0 Å². The van der Waals surface area contributed by atoms with Gasteiger partial charge in [-0.2, -0.15) is 0 Å². The Hall–Kier alpha value is -1.05. The first kappa shape index (κ1) is 16.3. The summed E-state index contributed by atoms with van der Waals surface area (Å²) in [7, 11) is 0. The molecule has 21 heavy (non-hydrogen) atoms. The molecule has 0 heterocycles. The Balaban J connectivity index is 2.11. The molecule has 3 atom stereocenters. The van der Waals surface area contributed by atoms with Gasteiger partial charge >= 0.3 is 5.97 Å². The molecule has 0 amide bonds. The smallest absolute Gasteiger partial charge is 0.313 e. The van der Waals surface area contributed by atoms with Gasteiger partial charge in [-0.3, -0.25) is 4.79 Å². The largest absolute Gasteiger partial charge is 0.466 e. The maximum Gasteiger partial charge on any atom is 0.313 e. The van der Waals surface area contributed by atoms with Gasteiger partial charge in [0.05, 0.1) is 12.5 Å². The highest BCUT2D eigenvalue weighted by molar-refractivity contribution is 5.76. The fourth-order valence-electron chi connectivity index (χ4n) is 4.01. The molecule has 118 valence electrons. The first-order valence-corrected chi connectivity index (χ1v) is 8.38. The third-order valence-electron chi connectivity index (χ3n) is 5.84. The fourth-order valence-corrected chi connectivity index (χ4v) is 4.01. The van der Waals surface area contributed by atoms with Crippen LogP contribution in [0, 0.1) is 23.2 Å². The Morgan fingerprint density at radius 2 is 2.05 bits per heavy atom. The zero-order valence-electron chi connectivity index (χ0n) is 14.2. The number of carbonyl (C=O) groups excluding carboxylic acids is 1. The summed E-state index contributed by atoms with van der Waals surface area (Å²) in [4.78, 5) is 12.3. The van der Waals surface area contributed by atoms with E-state index in [0.29, 0.717) is 18.4 Å². The van der Waals surface area contributed by atoms with E-state index in [9.17, 15) is 4.79 Å². The average Bonchev–Trinajstić information content (AvgIpc) is 2.66. The standard InChI is InChI=1S/C19H30O2/c1-6-21-18(20)17-13(2)8-7-9-15(17)12-16-11-10-14(3)19(16,4)5/h8,10,15-17H,6-7,9,11-12H2,1-5H3. The van der Waals surface area contributed by atoms with Gasteiger partial charge in [-0.1, -0.05) is 37.1 Å². The highest BCUT2D eigenvalue weighted by Gasteiger charge is 2.40. The van der Waals surface area contributed by atoms with Gasteiger partial charge in [0.2, 0.25) is 0 Å². The van der Waals surface area contributed by atoms with Crippen molar-refractivity contribution in [1.82, 2.24) is 0 Å². The summed E-state index contributed by atoms with van der Waals surface area (Å²) in [5.74, 6) is 1.06. The van der Waals surface area contributed by atoms with Crippen molar-refractivity contribution in [1.29, 1.82) is 0 Å². The Bertz CT molecular complexity index is 456. The molecule has 2 rings (SSSR count). The Kier molecular flexibility index (Phi) is 4.95. The number of rotatable bonds is 4. The number of esters is 1. The van der Waals surface area contributed by atoms with E-state index in [2.05, 4.69) is 39.8 Å². The van der Waals surface area contributed by atoms with Gasteiger partial charge in [-0.05, 0) is 63.7 Å². The van der Waals surface area contributed by atoms with Crippen molar-refractivity contribution in [2.75, 3.05) is 6.61 Å². The second-order valence-corrected chi connectivity index (χ2v) is 7.29. The Morgan fingerprint density at radius 3 is 2.62 bits per heavy atom. The van der Waals surface area contributed by atoms with Crippen LogP contribution in [0.4, 0.5) is 0 Å². The molecule has 0 aromatic rings. The summed E-state index contributed by atoms with van der Waals surface area (Å²) in [5, 5.41) is 0. The predicted molar refractivity (Wildman–Crippen MR) is 86.9 cm³/mol. The van der Waals surface area contributed by atoms with Crippen molar-refractivity contribution in [2.45, 2.75) is 60.3 Å². The summed E-state index contributed by atoms with van der Waals surface area (Å²) in [6.45, 7) is 11.4. The van der Waals surface area contributed by atoms with Crippen LogP contribution in [0.2, 0.25) is 0 Å². The molecule has 0 radical (unpaired) electrons. The molecule has 0 N–H and O–H groups in total. The SMILES string of the molecule is CCOC(=O)C1C(C)=CCCC1CC1CC=C(C)C1(C)C. The Morgan fingerprint density at radius 1 is 1.33 bits per heavy atom. The molecule has 0 aliphatic heterocycles. The van der Waals surface area contributed by atoms with Crippen molar-refractivity contribution < 1.29 is 9.53 Å². The monoisotopic (exact) mass is 290 g/mol. The zero-order valence-corrected chi connectivity index (χ0v) is 14.2. The summed E-state index contributed by atoms with van der Waals surface area (Å²) in [6, 6.07) is 0. The van der Waals surface area contributed by atoms with Gasteiger partial charge in [0.25, 0.3) is 0 Å². The lowest BCUT2D eigenvalue weighted by Gasteiger charge is -2.36. The van der Waals surface area contributed by atoms with E-state index in [1.54, 1.807) is 0 Å². The van der Waals surface area contributed by atoms with Crippen LogP contribution < -0.4 is 0 Å². The minimum atomic E-state index is -0.0181. The molecule has 2 heteroatoms. The number of allylic oxidation sites excluding steroid dienone is 3. The lowest BCUT2D eigenvalue weighted by molar-refractivity contribution is -0.149. The van der Waals surface area contributed by atoms with Crippen molar-refractivity contribution >= 4 is 5.97 Å². The second-order valence-electron chi connectivity index (χ2n) is 7.29. The fraction of sp³-hybridized carbons (Fsp3) is 0.737. The van der Waals surface area contributed by atoms with Crippen molar-refractivity contribution in [3.63, 3.8) is 0 Å². The molecule has 2 nitrogen and oxygen atoms in total. The van der Waals surface area contributed by atoms with Gasteiger partial charge in [-0.25, -0.2) is 0 Å². The molecule has 0 saturated heterocycles. The number of hydrogen-bond donors (Lipinski definition) is 0. The lowest BCUT2D eigenvalue weighted by atomic mass is 9.68. The van der Waals surface area contributed by atoms with Gasteiger partial charge in [0.15, 0.2) is 0 Å². The molecule has 0 spiro atoms. The normalized spacial score (nSPS) is 31.6. The maximum atomic E-state index is 12.3. The highest BCUT2D eigenvalue weighted by Crippen LogP contribution is 2.48. The van der Waals surface area contributed by atoms with E-state index in [4.69, 9.17) is 4.74 Å². The van der Waals surface area contributed by atoms with E-state index in [0.717, 1.165) is 25.7 Å². The van der Waals surface area contributed by atoms with Gasteiger partial charge in [0, 0.05) is 0 Å². The summed E-state index contributed by atoms with van der Waals surface area (Å²) >= 11 is 0. The third kappa shape index (κ3) is 3.25. The second kappa shape index (κ2) is 6.37. The molecule has 0 aromatic heterocycles.